The predicted molar refractivity (Wildman–Crippen MR) is 59.6 cm³/mol. The number of rotatable bonds is 4. The standard InChI is InChI=1S/C11H26N2/c1-11(10-13(5,6)7)8-9-12(2,3)4/h8H,9-10H2,1-7H3/q+2/b11-8+. The molecule has 0 aromatic rings. The molecule has 13 heavy (non-hydrogen) atoms. The van der Waals surface area contributed by atoms with Crippen molar-refractivity contribution in [3.05, 3.63) is 11.6 Å². The van der Waals surface area contributed by atoms with Crippen LogP contribution >= 0.6 is 0 Å². The van der Waals surface area contributed by atoms with E-state index < -0.39 is 0 Å². The second-order valence-corrected chi connectivity index (χ2v) is 5.97. The molecule has 0 unspecified atom stereocenters. The van der Waals surface area contributed by atoms with Crippen molar-refractivity contribution in [1.82, 2.24) is 0 Å². The molecule has 78 valence electrons. The summed E-state index contributed by atoms with van der Waals surface area (Å²) in [5.41, 5.74) is 1.49. The molecule has 0 spiro atoms. The minimum atomic E-state index is 1.01. The van der Waals surface area contributed by atoms with Crippen LogP contribution in [0.5, 0.6) is 0 Å². The van der Waals surface area contributed by atoms with Gasteiger partial charge in [0.05, 0.1) is 55.4 Å². The van der Waals surface area contributed by atoms with E-state index in [1.165, 1.54) is 5.57 Å². The van der Waals surface area contributed by atoms with Crippen LogP contribution in [0.15, 0.2) is 11.6 Å². The van der Waals surface area contributed by atoms with Crippen LogP contribution in [-0.4, -0.2) is 64.3 Å². The monoisotopic (exact) mass is 186 g/mol. The smallest absolute Gasteiger partial charge is 0.0996 e. The van der Waals surface area contributed by atoms with Gasteiger partial charge in [0.2, 0.25) is 0 Å². The van der Waals surface area contributed by atoms with Crippen LogP contribution < -0.4 is 0 Å². The van der Waals surface area contributed by atoms with Gasteiger partial charge in [-0.3, -0.25) is 0 Å². The molecule has 0 radical (unpaired) electrons. The van der Waals surface area contributed by atoms with Gasteiger partial charge < -0.3 is 8.97 Å². The molecule has 0 aliphatic carbocycles. The molecule has 0 fully saturated rings. The molecule has 0 saturated carbocycles. The maximum absolute atomic E-state index is 2.35. The summed E-state index contributed by atoms with van der Waals surface area (Å²) in [6, 6.07) is 0. The second kappa shape index (κ2) is 4.25. The van der Waals surface area contributed by atoms with Gasteiger partial charge in [-0.25, -0.2) is 0 Å². The van der Waals surface area contributed by atoms with Crippen molar-refractivity contribution in [3.63, 3.8) is 0 Å². The van der Waals surface area contributed by atoms with Crippen LogP contribution in [-0.2, 0) is 0 Å². The molecule has 0 heterocycles. The Bertz CT molecular complexity index is 179. The highest BCUT2D eigenvalue weighted by molar-refractivity contribution is 4.97. The second-order valence-electron chi connectivity index (χ2n) is 5.97. The van der Waals surface area contributed by atoms with Crippen molar-refractivity contribution >= 4 is 0 Å². The van der Waals surface area contributed by atoms with Crippen LogP contribution in [0.1, 0.15) is 6.92 Å². The first-order valence-electron chi connectivity index (χ1n) is 4.87. The molecule has 2 heteroatoms. The van der Waals surface area contributed by atoms with E-state index in [0.29, 0.717) is 0 Å². The summed E-state index contributed by atoms with van der Waals surface area (Å²) in [6.45, 7) is 4.48. The molecule has 0 rings (SSSR count). The zero-order valence-corrected chi connectivity index (χ0v) is 10.4. The number of hydrogen-bond acceptors (Lipinski definition) is 0. The third kappa shape index (κ3) is 9.57. The van der Waals surface area contributed by atoms with Gasteiger partial charge in [0.25, 0.3) is 0 Å². The SMILES string of the molecule is C/C(=C\C[N+](C)(C)C)C[N+](C)(C)C. The lowest BCUT2D eigenvalue weighted by atomic mass is 10.2. The van der Waals surface area contributed by atoms with Crippen LogP contribution in [0, 0.1) is 0 Å². The quantitative estimate of drug-likeness (QED) is 0.459. The maximum atomic E-state index is 2.35. The number of hydrogen-bond donors (Lipinski definition) is 0. The van der Waals surface area contributed by atoms with Gasteiger partial charge in [-0.05, 0) is 18.6 Å². The lowest BCUT2D eigenvalue weighted by molar-refractivity contribution is -0.867. The topological polar surface area (TPSA) is 0 Å². The molecular formula is C11H26N2+2. The fourth-order valence-corrected chi connectivity index (χ4v) is 1.24. The predicted octanol–water partition coefficient (Wildman–Crippen LogP) is 1.35. The van der Waals surface area contributed by atoms with Crippen molar-refractivity contribution < 1.29 is 8.97 Å². The van der Waals surface area contributed by atoms with Gasteiger partial charge in [-0.2, -0.15) is 0 Å². The van der Waals surface area contributed by atoms with Gasteiger partial charge in [0.15, 0.2) is 0 Å². The molecule has 0 atom stereocenters. The molecule has 2 nitrogen and oxygen atoms in total. The summed E-state index contributed by atoms with van der Waals surface area (Å²) in [5, 5.41) is 0. The fourth-order valence-electron chi connectivity index (χ4n) is 1.24. The maximum Gasteiger partial charge on any atom is 0.0996 e. The van der Waals surface area contributed by atoms with Crippen molar-refractivity contribution in [2.24, 2.45) is 0 Å². The Balaban J connectivity index is 4.05. The average molecular weight is 186 g/mol. The van der Waals surface area contributed by atoms with Gasteiger partial charge >= 0.3 is 0 Å². The summed E-state index contributed by atoms with van der Waals surface area (Å²) in [6.07, 6.45) is 2.35. The van der Waals surface area contributed by atoms with E-state index in [1.54, 1.807) is 0 Å². The summed E-state index contributed by atoms with van der Waals surface area (Å²) >= 11 is 0. The minimum absolute atomic E-state index is 1.01. The number of quaternary nitrogens is 2. The Kier molecular flexibility index (Phi) is 4.14. The van der Waals surface area contributed by atoms with Crippen LogP contribution in [0.4, 0.5) is 0 Å². The fraction of sp³-hybridized carbons (Fsp3) is 0.818. The Hall–Kier alpha value is -0.340. The molecule has 0 aliphatic heterocycles. The highest BCUT2D eigenvalue weighted by atomic mass is 15.3. The van der Waals surface area contributed by atoms with Crippen LogP contribution in [0.25, 0.3) is 0 Å². The summed E-state index contributed by atoms with van der Waals surface area (Å²) in [4.78, 5) is 0. The number of nitrogens with zero attached hydrogens (tertiary/aromatic N) is 2. The van der Waals surface area contributed by atoms with Crippen LogP contribution in [0.2, 0.25) is 0 Å². The van der Waals surface area contributed by atoms with Crippen LogP contribution in [0.3, 0.4) is 0 Å². The third-order valence-electron chi connectivity index (χ3n) is 1.71. The van der Waals surface area contributed by atoms with E-state index in [2.05, 4.69) is 55.3 Å². The molecule has 0 bridgehead atoms. The Morgan fingerprint density at radius 2 is 1.38 bits per heavy atom. The van der Waals surface area contributed by atoms with E-state index >= 15 is 0 Å². The Morgan fingerprint density at radius 1 is 0.923 bits per heavy atom. The van der Waals surface area contributed by atoms with E-state index in [-0.39, 0.29) is 0 Å². The summed E-state index contributed by atoms with van der Waals surface area (Å²) < 4.78 is 2.02. The van der Waals surface area contributed by atoms with E-state index in [4.69, 9.17) is 0 Å². The van der Waals surface area contributed by atoms with Crippen molar-refractivity contribution in [3.8, 4) is 0 Å². The lowest BCUT2D eigenvalue weighted by Gasteiger charge is -2.26. The Labute approximate surface area is 83.6 Å². The first-order valence-corrected chi connectivity index (χ1v) is 4.87. The molecule has 0 saturated heterocycles. The summed E-state index contributed by atoms with van der Waals surface area (Å²) in [7, 11) is 13.3. The van der Waals surface area contributed by atoms with Crippen molar-refractivity contribution in [1.29, 1.82) is 0 Å². The van der Waals surface area contributed by atoms with Gasteiger partial charge in [0.1, 0.15) is 0 Å². The highest BCUT2D eigenvalue weighted by Crippen LogP contribution is 2.02. The highest BCUT2D eigenvalue weighted by Gasteiger charge is 2.09. The lowest BCUT2D eigenvalue weighted by Crippen LogP contribution is -2.37. The van der Waals surface area contributed by atoms with Gasteiger partial charge in [-0.15, -0.1) is 0 Å². The Morgan fingerprint density at radius 3 is 1.69 bits per heavy atom. The summed E-state index contributed by atoms with van der Waals surface area (Å²) in [5.74, 6) is 0. The van der Waals surface area contributed by atoms with E-state index in [0.717, 1.165) is 22.1 Å². The molecule has 0 aromatic carbocycles. The van der Waals surface area contributed by atoms with Gasteiger partial charge in [0, 0.05) is 0 Å². The first-order chi connectivity index (χ1) is 5.60. The zero-order valence-electron chi connectivity index (χ0n) is 10.4. The first kappa shape index (κ1) is 12.7. The van der Waals surface area contributed by atoms with Crippen molar-refractivity contribution in [2.75, 3.05) is 55.4 Å². The zero-order chi connectivity index (χ0) is 10.7. The molecule has 0 N–H and O–H groups in total. The molecule has 0 aromatic heterocycles. The average Bonchev–Trinajstić information content (AvgIpc) is 1.78. The molecule has 0 amide bonds. The number of likely N-dealkylation sites (N-methyl/N-ethyl adjacent to an activating group) is 2. The van der Waals surface area contributed by atoms with E-state index in [1.807, 2.05) is 0 Å². The molecule has 0 aliphatic rings. The normalized spacial score (nSPS) is 14.8. The van der Waals surface area contributed by atoms with Gasteiger partial charge in [-0.1, -0.05) is 0 Å². The van der Waals surface area contributed by atoms with Crippen molar-refractivity contribution in [2.45, 2.75) is 6.92 Å². The van der Waals surface area contributed by atoms with E-state index in [9.17, 15) is 0 Å². The minimum Gasteiger partial charge on any atom is -0.328 e. The third-order valence-corrected chi connectivity index (χ3v) is 1.71. The largest absolute Gasteiger partial charge is 0.328 e. The molecular weight excluding hydrogens is 160 g/mol.